The van der Waals surface area contributed by atoms with Gasteiger partial charge in [-0.3, -0.25) is 9.59 Å². The van der Waals surface area contributed by atoms with E-state index < -0.39 is 5.97 Å². The summed E-state index contributed by atoms with van der Waals surface area (Å²) in [5, 5.41) is 11.0. The number of amides is 2. The molecule has 0 radical (unpaired) electrons. The molecule has 0 aromatic heterocycles. The molecule has 0 aromatic carbocycles. The Morgan fingerprint density at radius 1 is 1.39 bits per heavy atom. The third-order valence-corrected chi connectivity index (χ3v) is 3.02. The number of likely N-dealkylation sites (tertiary alicyclic amines) is 1. The van der Waals surface area contributed by atoms with Gasteiger partial charge in [-0.2, -0.15) is 0 Å². The second-order valence-corrected chi connectivity index (χ2v) is 4.39. The smallest absolute Gasteiger partial charge is 0.317 e. The summed E-state index contributed by atoms with van der Waals surface area (Å²) < 4.78 is 4.67. The Labute approximate surface area is 105 Å². The maximum atomic E-state index is 11.7. The predicted molar refractivity (Wildman–Crippen MR) is 61.9 cm³/mol. The number of nitrogens with one attached hydrogen (secondary N) is 1. The number of carboxylic acid groups (broad SMARTS) is 1. The van der Waals surface area contributed by atoms with Crippen molar-refractivity contribution in [3.63, 3.8) is 0 Å². The Balaban J connectivity index is 2.42. The van der Waals surface area contributed by atoms with E-state index in [0.717, 1.165) is 0 Å². The fourth-order valence-electron chi connectivity index (χ4n) is 1.98. The van der Waals surface area contributed by atoms with Crippen LogP contribution in [0.2, 0.25) is 0 Å². The fraction of sp³-hybridized carbons (Fsp3) is 0.727. The van der Waals surface area contributed by atoms with Gasteiger partial charge < -0.3 is 20.1 Å². The maximum Gasteiger partial charge on any atom is 0.317 e. The SMILES string of the molecule is COC(=O)[C@@H]1CN(C(=O)NCCC(=O)O)C[C@H]1C. The van der Waals surface area contributed by atoms with Gasteiger partial charge in [-0.15, -0.1) is 0 Å². The van der Waals surface area contributed by atoms with Crippen molar-refractivity contribution in [3.8, 4) is 0 Å². The van der Waals surface area contributed by atoms with E-state index in [4.69, 9.17) is 5.11 Å². The number of carboxylic acids is 1. The van der Waals surface area contributed by atoms with Crippen LogP contribution in [0.1, 0.15) is 13.3 Å². The zero-order valence-corrected chi connectivity index (χ0v) is 10.5. The van der Waals surface area contributed by atoms with Crippen molar-refractivity contribution in [2.75, 3.05) is 26.7 Å². The molecular formula is C11H18N2O5. The van der Waals surface area contributed by atoms with Crippen molar-refractivity contribution in [1.29, 1.82) is 0 Å². The summed E-state index contributed by atoms with van der Waals surface area (Å²) in [6.45, 7) is 2.75. The molecule has 7 nitrogen and oxygen atoms in total. The van der Waals surface area contributed by atoms with Gasteiger partial charge in [0.1, 0.15) is 0 Å². The number of aliphatic carboxylic acids is 1. The molecule has 1 rings (SSSR count). The first-order chi connectivity index (χ1) is 8.45. The summed E-state index contributed by atoms with van der Waals surface area (Å²) in [6, 6.07) is -0.338. The Bertz CT molecular complexity index is 344. The first kappa shape index (κ1) is 14.3. The van der Waals surface area contributed by atoms with E-state index in [2.05, 4.69) is 10.1 Å². The van der Waals surface area contributed by atoms with E-state index >= 15 is 0 Å². The van der Waals surface area contributed by atoms with E-state index in [1.54, 1.807) is 0 Å². The lowest BCUT2D eigenvalue weighted by Crippen LogP contribution is -2.39. The molecule has 0 aromatic rings. The van der Waals surface area contributed by atoms with Crippen molar-refractivity contribution in [3.05, 3.63) is 0 Å². The van der Waals surface area contributed by atoms with Crippen LogP contribution >= 0.6 is 0 Å². The molecule has 1 fully saturated rings. The molecule has 1 heterocycles. The zero-order chi connectivity index (χ0) is 13.7. The number of ether oxygens (including phenoxy) is 1. The van der Waals surface area contributed by atoms with Crippen molar-refractivity contribution in [2.24, 2.45) is 11.8 Å². The van der Waals surface area contributed by atoms with Gasteiger partial charge in [0, 0.05) is 19.6 Å². The molecule has 0 bridgehead atoms. The topological polar surface area (TPSA) is 95.9 Å². The molecule has 1 saturated heterocycles. The van der Waals surface area contributed by atoms with Crippen LogP contribution < -0.4 is 5.32 Å². The van der Waals surface area contributed by atoms with Crippen LogP contribution in [0.5, 0.6) is 0 Å². The largest absolute Gasteiger partial charge is 0.481 e. The molecule has 0 aliphatic carbocycles. The number of nitrogens with zero attached hydrogens (tertiary/aromatic N) is 1. The minimum absolute atomic E-state index is 0.0441. The number of carbonyl (C=O) groups excluding carboxylic acids is 2. The second-order valence-electron chi connectivity index (χ2n) is 4.39. The summed E-state index contributed by atoms with van der Waals surface area (Å²) in [5.74, 6) is -1.54. The summed E-state index contributed by atoms with van der Waals surface area (Å²) in [5.41, 5.74) is 0. The van der Waals surface area contributed by atoms with Crippen LogP contribution in [-0.2, 0) is 14.3 Å². The average molecular weight is 258 g/mol. The van der Waals surface area contributed by atoms with E-state index in [9.17, 15) is 14.4 Å². The fourth-order valence-corrected chi connectivity index (χ4v) is 1.98. The van der Waals surface area contributed by atoms with Crippen LogP contribution in [0.25, 0.3) is 0 Å². The van der Waals surface area contributed by atoms with Crippen LogP contribution in [0, 0.1) is 11.8 Å². The highest BCUT2D eigenvalue weighted by Crippen LogP contribution is 2.23. The van der Waals surface area contributed by atoms with Crippen LogP contribution in [-0.4, -0.2) is 54.7 Å². The number of hydrogen-bond acceptors (Lipinski definition) is 4. The normalized spacial score (nSPS) is 22.7. The summed E-state index contributed by atoms with van der Waals surface area (Å²) in [6.07, 6.45) is -0.116. The highest BCUT2D eigenvalue weighted by molar-refractivity contribution is 5.78. The van der Waals surface area contributed by atoms with E-state index in [0.29, 0.717) is 13.1 Å². The lowest BCUT2D eigenvalue weighted by molar-refractivity contribution is -0.146. The highest BCUT2D eigenvalue weighted by atomic mass is 16.5. The molecule has 0 unspecified atom stereocenters. The molecule has 0 saturated carbocycles. The molecule has 0 spiro atoms. The molecule has 2 N–H and O–H groups in total. The number of esters is 1. The number of methoxy groups -OCH3 is 1. The molecule has 1 aliphatic rings. The van der Waals surface area contributed by atoms with E-state index in [1.165, 1.54) is 12.0 Å². The summed E-state index contributed by atoms with van der Waals surface area (Å²) >= 11 is 0. The molecule has 18 heavy (non-hydrogen) atoms. The lowest BCUT2D eigenvalue weighted by Gasteiger charge is -2.16. The standard InChI is InChI=1S/C11H18N2O5/c1-7-5-13(6-8(7)10(16)18-2)11(17)12-4-3-9(14)15/h7-8H,3-6H2,1-2H3,(H,12,17)(H,14,15)/t7-,8-/m1/s1. The Hall–Kier alpha value is -1.79. The van der Waals surface area contributed by atoms with Gasteiger partial charge in [0.2, 0.25) is 0 Å². The van der Waals surface area contributed by atoms with Gasteiger partial charge >= 0.3 is 18.0 Å². The lowest BCUT2D eigenvalue weighted by atomic mass is 9.99. The molecule has 2 atom stereocenters. The van der Waals surface area contributed by atoms with E-state index in [1.807, 2.05) is 6.92 Å². The molecule has 2 amide bonds. The zero-order valence-electron chi connectivity index (χ0n) is 10.5. The third kappa shape index (κ3) is 3.61. The maximum absolute atomic E-state index is 11.7. The third-order valence-electron chi connectivity index (χ3n) is 3.02. The molecule has 7 heteroatoms. The van der Waals surface area contributed by atoms with E-state index in [-0.39, 0.29) is 36.8 Å². The van der Waals surface area contributed by atoms with Gasteiger partial charge in [0.15, 0.2) is 0 Å². The van der Waals surface area contributed by atoms with Gasteiger partial charge in [0.25, 0.3) is 0 Å². The highest BCUT2D eigenvalue weighted by Gasteiger charge is 2.37. The van der Waals surface area contributed by atoms with Crippen molar-refractivity contribution in [1.82, 2.24) is 10.2 Å². The van der Waals surface area contributed by atoms with Gasteiger partial charge in [0.05, 0.1) is 19.4 Å². The summed E-state index contributed by atoms with van der Waals surface area (Å²) in [4.78, 5) is 35.0. The Morgan fingerprint density at radius 2 is 2.06 bits per heavy atom. The molecular weight excluding hydrogens is 240 g/mol. The van der Waals surface area contributed by atoms with Gasteiger partial charge in [-0.1, -0.05) is 6.92 Å². The molecule has 102 valence electrons. The van der Waals surface area contributed by atoms with Crippen molar-refractivity contribution in [2.45, 2.75) is 13.3 Å². The van der Waals surface area contributed by atoms with Gasteiger partial charge in [-0.05, 0) is 5.92 Å². The predicted octanol–water partition coefficient (Wildman–Crippen LogP) is -0.0884. The minimum Gasteiger partial charge on any atom is -0.481 e. The van der Waals surface area contributed by atoms with Crippen LogP contribution in [0.3, 0.4) is 0 Å². The number of hydrogen-bond donors (Lipinski definition) is 2. The second kappa shape index (κ2) is 6.23. The van der Waals surface area contributed by atoms with Crippen molar-refractivity contribution < 1.29 is 24.2 Å². The Kier molecular flexibility index (Phi) is 4.94. The van der Waals surface area contributed by atoms with Crippen LogP contribution in [0.4, 0.5) is 4.79 Å². The number of urea groups is 1. The first-order valence-corrected chi connectivity index (χ1v) is 5.78. The molecule has 1 aliphatic heterocycles. The monoisotopic (exact) mass is 258 g/mol. The number of rotatable bonds is 4. The Morgan fingerprint density at radius 3 is 2.61 bits per heavy atom. The quantitative estimate of drug-likeness (QED) is 0.687. The van der Waals surface area contributed by atoms with Crippen molar-refractivity contribution >= 4 is 18.0 Å². The first-order valence-electron chi connectivity index (χ1n) is 5.78. The average Bonchev–Trinajstić information content (AvgIpc) is 2.70. The van der Waals surface area contributed by atoms with Crippen LogP contribution in [0.15, 0.2) is 0 Å². The number of carbonyl (C=O) groups is 3. The minimum atomic E-state index is -0.961. The summed E-state index contributed by atoms with van der Waals surface area (Å²) in [7, 11) is 1.32. The van der Waals surface area contributed by atoms with Gasteiger partial charge in [-0.25, -0.2) is 4.79 Å².